The Morgan fingerprint density at radius 2 is 0.849 bits per heavy atom. The Balaban J connectivity index is 2.19. The third-order valence-corrected chi connectivity index (χ3v) is 14.3. The normalized spacial score (nSPS) is 19.6. The molecule has 1 heterocycles. The summed E-state index contributed by atoms with van der Waals surface area (Å²) in [6.07, 6.45) is 66.4. The number of hydrogen-bond donors (Lipinski definition) is 6. The molecule has 0 radical (unpaired) electrons. The van der Waals surface area contributed by atoms with Crippen molar-refractivity contribution in [1.29, 1.82) is 0 Å². The van der Waals surface area contributed by atoms with Gasteiger partial charge in [0.25, 0.3) is 0 Å². The van der Waals surface area contributed by atoms with Gasteiger partial charge in [0, 0.05) is 6.42 Å². The minimum Gasteiger partial charge on any atom is -0.394 e. The Morgan fingerprint density at radius 1 is 0.479 bits per heavy atom. The van der Waals surface area contributed by atoms with E-state index in [4.69, 9.17) is 9.47 Å². The van der Waals surface area contributed by atoms with Crippen molar-refractivity contribution in [3.05, 3.63) is 72.9 Å². The molecule has 1 aliphatic rings. The maximum Gasteiger partial charge on any atom is 0.220 e. The van der Waals surface area contributed by atoms with Gasteiger partial charge in [-0.25, -0.2) is 0 Å². The molecule has 0 aromatic carbocycles. The summed E-state index contributed by atoms with van der Waals surface area (Å²) in [5.41, 5.74) is 0. The fourth-order valence-electron chi connectivity index (χ4n) is 9.52. The van der Waals surface area contributed by atoms with E-state index < -0.39 is 49.5 Å². The Kier molecular flexibility index (Phi) is 49.9. The number of ether oxygens (including phenoxy) is 2. The molecule has 0 aromatic heterocycles. The van der Waals surface area contributed by atoms with Crippen molar-refractivity contribution in [2.75, 3.05) is 13.2 Å². The van der Waals surface area contributed by atoms with E-state index >= 15 is 0 Å². The highest BCUT2D eigenvalue weighted by atomic mass is 16.7. The van der Waals surface area contributed by atoms with Gasteiger partial charge in [-0.15, -0.1) is 0 Å². The molecule has 1 rings (SSSR count). The second kappa shape index (κ2) is 53.0. The maximum atomic E-state index is 13.1. The topological polar surface area (TPSA) is 149 Å². The fraction of sp³-hybridized carbons (Fsp3) is 0.797. The molecule has 9 heteroatoms. The van der Waals surface area contributed by atoms with E-state index in [1.165, 1.54) is 161 Å². The third-order valence-electron chi connectivity index (χ3n) is 14.3. The molecule has 0 spiro atoms. The van der Waals surface area contributed by atoms with E-state index in [1.807, 2.05) is 0 Å². The summed E-state index contributed by atoms with van der Waals surface area (Å²) >= 11 is 0. The number of amides is 1. The van der Waals surface area contributed by atoms with Crippen molar-refractivity contribution in [2.24, 2.45) is 0 Å². The van der Waals surface area contributed by atoms with Gasteiger partial charge in [0.15, 0.2) is 6.29 Å². The van der Waals surface area contributed by atoms with Crippen LogP contribution in [0.1, 0.15) is 271 Å². The quantitative estimate of drug-likeness (QED) is 0.0261. The average Bonchev–Trinajstić information content (AvgIpc) is 3.39. The lowest BCUT2D eigenvalue weighted by atomic mass is 9.99. The molecular weight excluding hydrogens is 911 g/mol. The summed E-state index contributed by atoms with van der Waals surface area (Å²) in [5.74, 6) is -0.149. The Hall–Kier alpha value is -2.37. The lowest BCUT2D eigenvalue weighted by Gasteiger charge is -2.40. The zero-order valence-corrected chi connectivity index (χ0v) is 47.1. The van der Waals surface area contributed by atoms with Crippen LogP contribution >= 0.6 is 0 Å². The number of nitrogens with one attached hydrogen (secondary N) is 1. The summed E-state index contributed by atoms with van der Waals surface area (Å²) in [5, 5.41) is 54.8. The van der Waals surface area contributed by atoms with Crippen LogP contribution in [0.2, 0.25) is 0 Å². The van der Waals surface area contributed by atoms with Crippen molar-refractivity contribution in [1.82, 2.24) is 5.32 Å². The van der Waals surface area contributed by atoms with Crippen LogP contribution in [0.5, 0.6) is 0 Å². The molecule has 9 nitrogen and oxygen atoms in total. The second-order valence-electron chi connectivity index (χ2n) is 21.1. The number of rotatable bonds is 52. The van der Waals surface area contributed by atoms with Crippen LogP contribution in [0.4, 0.5) is 0 Å². The van der Waals surface area contributed by atoms with Crippen LogP contribution in [0.25, 0.3) is 0 Å². The minimum absolute atomic E-state index is 0.142. The average molecular weight is 1030 g/mol. The molecular formula is C64H115NO8. The predicted molar refractivity (Wildman–Crippen MR) is 309 cm³/mol. The lowest BCUT2D eigenvalue weighted by molar-refractivity contribution is -0.302. The number of allylic oxidation sites excluding steroid dienone is 12. The Labute approximate surface area is 448 Å². The zero-order valence-electron chi connectivity index (χ0n) is 47.1. The monoisotopic (exact) mass is 1030 g/mol. The first kappa shape index (κ1) is 68.6. The number of unbranched alkanes of at least 4 members (excludes halogenated alkanes) is 30. The molecule has 0 aliphatic carbocycles. The van der Waals surface area contributed by atoms with Gasteiger partial charge in [0.2, 0.25) is 5.91 Å². The van der Waals surface area contributed by atoms with Gasteiger partial charge in [0.1, 0.15) is 24.4 Å². The first-order valence-corrected chi connectivity index (χ1v) is 30.6. The number of hydrogen-bond acceptors (Lipinski definition) is 8. The van der Waals surface area contributed by atoms with E-state index in [1.54, 1.807) is 0 Å². The largest absolute Gasteiger partial charge is 0.394 e. The van der Waals surface area contributed by atoms with Crippen molar-refractivity contribution in [2.45, 2.75) is 314 Å². The summed E-state index contributed by atoms with van der Waals surface area (Å²) in [4.78, 5) is 13.1. The van der Waals surface area contributed by atoms with E-state index in [0.717, 1.165) is 83.5 Å². The highest BCUT2D eigenvalue weighted by molar-refractivity contribution is 5.76. The molecule has 0 saturated carbocycles. The van der Waals surface area contributed by atoms with Crippen molar-refractivity contribution in [3.8, 4) is 0 Å². The van der Waals surface area contributed by atoms with Crippen molar-refractivity contribution in [3.63, 3.8) is 0 Å². The predicted octanol–water partition coefficient (Wildman–Crippen LogP) is 15.6. The molecule has 1 fully saturated rings. The van der Waals surface area contributed by atoms with E-state index in [-0.39, 0.29) is 12.5 Å². The molecule has 0 bridgehead atoms. The zero-order chi connectivity index (χ0) is 52.9. The van der Waals surface area contributed by atoms with Gasteiger partial charge >= 0.3 is 0 Å². The van der Waals surface area contributed by atoms with Gasteiger partial charge in [-0.05, 0) is 64.2 Å². The van der Waals surface area contributed by atoms with Crippen LogP contribution in [0.3, 0.4) is 0 Å². The molecule has 7 unspecified atom stereocenters. The lowest BCUT2D eigenvalue weighted by Crippen LogP contribution is -2.60. The first-order valence-electron chi connectivity index (χ1n) is 30.6. The summed E-state index contributed by atoms with van der Waals surface area (Å²) in [6, 6.07) is -0.726. The van der Waals surface area contributed by atoms with Gasteiger partial charge in [-0.1, -0.05) is 273 Å². The molecule has 6 N–H and O–H groups in total. The van der Waals surface area contributed by atoms with E-state index in [2.05, 4.69) is 92.1 Å². The molecule has 424 valence electrons. The first-order chi connectivity index (χ1) is 35.8. The van der Waals surface area contributed by atoms with Gasteiger partial charge in [0.05, 0.1) is 25.4 Å². The fourth-order valence-corrected chi connectivity index (χ4v) is 9.52. The van der Waals surface area contributed by atoms with Crippen LogP contribution in [-0.2, 0) is 14.3 Å². The summed E-state index contributed by atoms with van der Waals surface area (Å²) in [7, 11) is 0. The molecule has 1 saturated heterocycles. The van der Waals surface area contributed by atoms with Crippen LogP contribution in [-0.4, -0.2) is 87.5 Å². The van der Waals surface area contributed by atoms with Crippen molar-refractivity contribution >= 4 is 5.91 Å². The Morgan fingerprint density at radius 3 is 1.26 bits per heavy atom. The maximum absolute atomic E-state index is 13.1. The van der Waals surface area contributed by atoms with Gasteiger partial charge in [-0.2, -0.15) is 0 Å². The number of carbonyl (C=O) groups is 1. The third kappa shape index (κ3) is 42.4. The number of aliphatic hydroxyl groups excluding tert-OH is 5. The highest BCUT2D eigenvalue weighted by Gasteiger charge is 2.44. The van der Waals surface area contributed by atoms with E-state index in [0.29, 0.717) is 12.8 Å². The molecule has 73 heavy (non-hydrogen) atoms. The summed E-state index contributed by atoms with van der Waals surface area (Å²) < 4.78 is 11.3. The highest BCUT2D eigenvalue weighted by Crippen LogP contribution is 2.23. The standard InChI is InChI=1S/C64H115NO8/c1-3-5-7-9-11-13-15-17-19-21-23-25-26-27-28-29-30-31-32-34-36-38-40-42-44-46-48-50-52-54-60(68)65-57(56-72-64-63(71)62(70)61(69)59(55-66)73-64)58(67)53-51-49-47-45-43-41-39-37-35-33-24-22-20-18-16-14-12-10-8-6-4-2/h5,7,11,13,17,19,23,25,27-28,30-31,57-59,61-64,66-67,69-71H,3-4,6,8-10,12,14-16,18,20-22,24,26,29,32-56H2,1-2H3,(H,65,68)/b7-5-,13-11-,19-17-,25-23-,28-27-,31-30-. The van der Waals surface area contributed by atoms with Gasteiger partial charge in [-0.3, -0.25) is 4.79 Å². The van der Waals surface area contributed by atoms with Crippen molar-refractivity contribution < 1.29 is 39.8 Å². The van der Waals surface area contributed by atoms with Gasteiger partial charge < -0.3 is 40.3 Å². The van der Waals surface area contributed by atoms with E-state index in [9.17, 15) is 30.3 Å². The SMILES string of the molecule is CC/C=C\C/C=C\C/C=C\C/C=C\C/C=C\C/C=C\CCCCCCCCCCCCC(=O)NC(COC1OC(CO)C(O)C(O)C1O)C(O)CCCCCCCCCCCCCCCCCCCCCCC. The smallest absolute Gasteiger partial charge is 0.220 e. The second-order valence-corrected chi connectivity index (χ2v) is 21.1. The summed E-state index contributed by atoms with van der Waals surface area (Å²) in [6.45, 7) is 3.74. The molecule has 1 aliphatic heterocycles. The minimum atomic E-state index is -1.56. The molecule has 1 amide bonds. The number of aliphatic hydroxyl groups is 5. The van der Waals surface area contributed by atoms with Crippen LogP contribution in [0, 0.1) is 0 Å². The molecule has 7 atom stereocenters. The molecule has 0 aromatic rings. The van der Waals surface area contributed by atoms with Crippen LogP contribution < -0.4 is 5.32 Å². The van der Waals surface area contributed by atoms with Crippen LogP contribution in [0.15, 0.2) is 72.9 Å². The Bertz CT molecular complexity index is 1380. The number of carbonyl (C=O) groups excluding carboxylic acids is 1.